The van der Waals surface area contributed by atoms with E-state index in [-0.39, 0.29) is 17.6 Å². The summed E-state index contributed by atoms with van der Waals surface area (Å²) in [4.78, 5) is 8.17. The Kier molecular flexibility index (Phi) is 4.79. The van der Waals surface area contributed by atoms with Crippen molar-refractivity contribution in [1.82, 2.24) is 19.3 Å². The molecule has 0 saturated heterocycles. The first-order valence-electron chi connectivity index (χ1n) is 7.45. The molecule has 6 nitrogen and oxygen atoms in total. The second-order valence-corrected chi connectivity index (χ2v) is 8.17. The summed E-state index contributed by atoms with van der Waals surface area (Å²) in [6.07, 6.45) is 6.49. The van der Waals surface area contributed by atoms with E-state index in [1.165, 1.54) is 12.5 Å². The van der Waals surface area contributed by atoms with E-state index in [1.807, 2.05) is 36.7 Å². The average molecular weight is 362 g/mol. The molecule has 0 saturated carbocycles. The van der Waals surface area contributed by atoms with Gasteiger partial charge in [0.05, 0.1) is 6.33 Å². The maximum atomic E-state index is 12.3. The quantitative estimate of drug-likeness (QED) is 0.731. The Labute approximate surface area is 145 Å². The van der Waals surface area contributed by atoms with Gasteiger partial charge in [0.1, 0.15) is 0 Å². The van der Waals surface area contributed by atoms with E-state index >= 15 is 0 Å². The molecular weight excluding hydrogens is 344 g/mol. The first-order chi connectivity index (χ1) is 11.5. The number of nitrogens with one attached hydrogen (secondary N) is 1. The maximum absolute atomic E-state index is 12.3. The van der Waals surface area contributed by atoms with Gasteiger partial charge in [-0.25, -0.2) is 18.1 Å². The Bertz CT molecular complexity index is 915. The third-order valence-corrected chi connectivity index (χ3v) is 5.53. The zero-order valence-corrected chi connectivity index (χ0v) is 15.0. The van der Waals surface area contributed by atoms with Crippen molar-refractivity contribution < 1.29 is 8.42 Å². The molecule has 0 aliphatic rings. The molecule has 0 fully saturated rings. The monoisotopic (exact) mass is 362 g/mol. The minimum Gasteiger partial charge on any atom is -0.334 e. The van der Waals surface area contributed by atoms with Gasteiger partial charge in [-0.15, -0.1) is 0 Å². The molecule has 0 atom stereocenters. The van der Waals surface area contributed by atoms with Crippen LogP contribution in [0.1, 0.15) is 25.5 Å². The zero-order valence-electron chi connectivity index (χ0n) is 13.4. The number of nitrogens with zero attached hydrogens (tertiary/aromatic N) is 3. The van der Waals surface area contributed by atoms with Crippen LogP contribution in [0, 0.1) is 0 Å². The van der Waals surface area contributed by atoms with Gasteiger partial charge in [-0.2, -0.15) is 11.3 Å². The topological polar surface area (TPSA) is 76.9 Å². The first kappa shape index (κ1) is 16.8. The summed E-state index contributed by atoms with van der Waals surface area (Å²) in [5, 5.41) is 4.05. The Morgan fingerprint density at radius 2 is 2.12 bits per heavy atom. The molecule has 1 N–H and O–H groups in total. The van der Waals surface area contributed by atoms with Crippen LogP contribution in [0.25, 0.3) is 11.1 Å². The van der Waals surface area contributed by atoms with Crippen molar-refractivity contribution in [3.8, 4) is 11.1 Å². The smallest absolute Gasteiger partial charge is 0.259 e. The average Bonchev–Trinajstić information content (AvgIpc) is 3.25. The van der Waals surface area contributed by atoms with Gasteiger partial charge in [-0.05, 0) is 47.9 Å². The lowest BCUT2D eigenvalue weighted by Gasteiger charge is -2.06. The molecule has 24 heavy (non-hydrogen) atoms. The highest BCUT2D eigenvalue weighted by Gasteiger charge is 2.17. The molecule has 0 amide bonds. The number of sulfonamides is 1. The summed E-state index contributed by atoms with van der Waals surface area (Å²) in [5.41, 5.74) is 2.84. The standard InChI is InChI=1S/C16H18N4O2S2/c1-12(2)20-9-16(18-11-20)24(21,22)19-7-13-5-15(8-17-6-13)14-3-4-23-10-14/h3-6,8-12,19H,7H2,1-2H3. The third kappa shape index (κ3) is 3.72. The van der Waals surface area contributed by atoms with E-state index in [0.29, 0.717) is 0 Å². The van der Waals surface area contributed by atoms with Crippen LogP contribution < -0.4 is 4.72 Å². The van der Waals surface area contributed by atoms with Gasteiger partial charge < -0.3 is 4.57 Å². The zero-order chi connectivity index (χ0) is 17.2. The van der Waals surface area contributed by atoms with Crippen molar-refractivity contribution in [2.45, 2.75) is 31.5 Å². The number of hydrogen-bond acceptors (Lipinski definition) is 5. The lowest BCUT2D eigenvalue weighted by atomic mass is 10.1. The van der Waals surface area contributed by atoms with Crippen LogP contribution in [0.3, 0.4) is 0 Å². The maximum Gasteiger partial charge on any atom is 0.259 e. The van der Waals surface area contributed by atoms with Crippen molar-refractivity contribution in [3.05, 3.63) is 53.4 Å². The summed E-state index contributed by atoms with van der Waals surface area (Å²) in [7, 11) is -3.65. The molecule has 3 aromatic rings. The van der Waals surface area contributed by atoms with Crippen molar-refractivity contribution in [2.75, 3.05) is 0 Å². The van der Waals surface area contributed by atoms with Crippen molar-refractivity contribution in [3.63, 3.8) is 0 Å². The number of rotatable bonds is 6. The van der Waals surface area contributed by atoms with Gasteiger partial charge in [0, 0.05) is 36.7 Å². The molecule has 0 radical (unpaired) electrons. The van der Waals surface area contributed by atoms with Gasteiger partial charge in [-0.1, -0.05) is 0 Å². The van der Waals surface area contributed by atoms with Crippen molar-refractivity contribution >= 4 is 21.4 Å². The Balaban J connectivity index is 1.74. The van der Waals surface area contributed by atoms with Crippen molar-refractivity contribution in [1.29, 1.82) is 0 Å². The molecule has 3 heterocycles. The van der Waals surface area contributed by atoms with Gasteiger partial charge in [0.15, 0.2) is 5.03 Å². The molecule has 0 bridgehead atoms. The number of pyridine rings is 1. The molecule has 126 valence electrons. The number of thiophene rings is 1. The summed E-state index contributed by atoms with van der Waals surface area (Å²) in [6, 6.07) is 4.10. The lowest BCUT2D eigenvalue weighted by molar-refractivity contribution is 0.576. The van der Waals surface area contributed by atoms with Crippen LogP contribution in [0.4, 0.5) is 0 Å². The summed E-state index contributed by atoms with van der Waals surface area (Å²) in [5.74, 6) is 0. The van der Waals surface area contributed by atoms with Crippen LogP contribution in [0.5, 0.6) is 0 Å². The first-order valence-corrected chi connectivity index (χ1v) is 9.88. The fourth-order valence-electron chi connectivity index (χ4n) is 2.16. The number of hydrogen-bond donors (Lipinski definition) is 1. The van der Waals surface area contributed by atoms with Gasteiger partial charge in [0.2, 0.25) is 0 Å². The van der Waals surface area contributed by atoms with Crippen LogP contribution in [0.2, 0.25) is 0 Å². The normalized spacial score (nSPS) is 12.0. The predicted octanol–water partition coefficient (Wildman–Crippen LogP) is 3.07. The highest BCUT2D eigenvalue weighted by molar-refractivity contribution is 7.89. The lowest BCUT2D eigenvalue weighted by Crippen LogP contribution is -2.23. The molecule has 0 spiro atoms. The van der Waals surface area contributed by atoms with Crippen LogP contribution in [-0.2, 0) is 16.6 Å². The van der Waals surface area contributed by atoms with E-state index in [9.17, 15) is 8.42 Å². The molecule has 3 aromatic heterocycles. The molecule has 0 aliphatic heterocycles. The van der Waals surface area contributed by atoms with E-state index in [1.54, 1.807) is 28.3 Å². The molecule has 8 heteroatoms. The Morgan fingerprint density at radius 3 is 2.79 bits per heavy atom. The Hall–Kier alpha value is -2.03. The van der Waals surface area contributed by atoms with Crippen LogP contribution in [0.15, 0.2) is 52.8 Å². The van der Waals surface area contributed by atoms with E-state index in [4.69, 9.17) is 0 Å². The molecule has 0 unspecified atom stereocenters. The fourth-order valence-corrected chi connectivity index (χ4v) is 3.78. The largest absolute Gasteiger partial charge is 0.334 e. The molecule has 0 aliphatic carbocycles. The predicted molar refractivity (Wildman–Crippen MR) is 94.2 cm³/mol. The number of aromatic nitrogens is 3. The third-order valence-electron chi connectivity index (χ3n) is 3.57. The summed E-state index contributed by atoms with van der Waals surface area (Å²) >= 11 is 1.61. The van der Waals surface area contributed by atoms with E-state index in [2.05, 4.69) is 14.7 Å². The van der Waals surface area contributed by atoms with Gasteiger partial charge in [-0.3, -0.25) is 4.98 Å². The van der Waals surface area contributed by atoms with Crippen LogP contribution in [-0.4, -0.2) is 23.0 Å². The second-order valence-electron chi connectivity index (χ2n) is 5.67. The SMILES string of the molecule is CC(C)n1cnc(S(=O)(=O)NCc2cncc(-c3ccsc3)c2)c1. The molecular formula is C16H18N4O2S2. The number of imidazole rings is 1. The summed E-state index contributed by atoms with van der Waals surface area (Å²) < 4.78 is 29.0. The van der Waals surface area contributed by atoms with E-state index < -0.39 is 10.0 Å². The molecule has 0 aromatic carbocycles. The molecule has 3 rings (SSSR count). The summed E-state index contributed by atoms with van der Waals surface area (Å²) in [6.45, 7) is 4.10. The second kappa shape index (κ2) is 6.84. The highest BCUT2D eigenvalue weighted by atomic mass is 32.2. The van der Waals surface area contributed by atoms with Crippen LogP contribution >= 0.6 is 11.3 Å². The minimum atomic E-state index is -3.65. The fraction of sp³-hybridized carbons (Fsp3) is 0.250. The minimum absolute atomic E-state index is 0.0261. The highest BCUT2D eigenvalue weighted by Crippen LogP contribution is 2.22. The Morgan fingerprint density at radius 1 is 1.29 bits per heavy atom. The van der Waals surface area contributed by atoms with Crippen molar-refractivity contribution in [2.24, 2.45) is 0 Å². The van der Waals surface area contributed by atoms with Gasteiger partial charge >= 0.3 is 0 Å². The van der Waals surface area contributed by atoms with Gasteiger partial charge in [0.25, 0.3) is 10.0 Å². The van der Waals surface area contributed by atoms with E-state index in [0.717, 1.165) is 16.7 Å².